The summed E-state index contributed by atoms with van der Waals surface area (Å²) in [5, 5.41) is 6.80. The molecule has 0 aliphatic heterocycles. The summed E-state index contributed by atoms with van der Waals surface area (Å²) in [6, 6.07) is 0. The molecule has 0 radical (unpaired) electrons. The summed E-state index contributed by atoms with van der Waals surface area (Å²) >= 11 is 0. The van der Waals surface area contributed by atoms with Gasteiger partial charge in [0.15, 0.2) is 0 Å². The average Bonchev–Trinajstić information content (AvgIpc) is 1.67. The van der Waals surface area contributed by atoms with E-state index in [-0.39, 0.29) is 0 Å². The van der Waals surface area contributed by atoms with Crippen molar-refractivity contribution in [2.24, 2.45) is 11.8 Å². The van der Waals surface area contributed by atoms with Crippen molar-refractivity contribution < 1.29 is 0 Å². The van der Waals surface area contributed by atoms with Gasteiger partial charge in [-0.3, -0.25) is 0 Å². The lowest BCUT2D eigenvalue weighted by molar-refractivity contribution is 0.435. The number of nitrogens with one attached hydrogen (secondary N) is 1. The highest BCUT2D eigenvalue weighted by Gasteiger charge is 2.02. The number of hydrogen-bond donors (Lipinski definition) is 1. The summed E-state index contributed by atoms with van der Waals surface area (Å²) in [5.41, 5.74) is 0. The summed E-state index contributed by atoms with van der Waals surface area (Å²) in [6.07, 6.45) is 2.42. The van der Waals surface area contributed by atoms with Crippen LogP contribution in [0.25, 0.3) is 0 Å². The molecule has 1 nitrogen and oxygen atoms in total. The molecule has 0 saturated heterocycles. The normalized spacial score (nSPS) is 14.0. The molecular weight excluding hydrogens is 98.1 g/mol. The van der Waals surface area contributed by atoms with Crippen LogP contribution in [-0.2, 0) is 0 Å². The third kappa shape index (κ3) is 2.78. The number of rotatable bonds is 3. The van der Waals surface area contributed by atoms with Crippen LogP contribution >= 0.6 is 0 Å². The van der Waals surface area contributed by atoms with Gasteiger partial charge in [-0.1, -0.05) is 20.8 Å². The van der Waals surface area contributed by atoms with Gasteiger partial charge in [-0.2, -0.15) is 0 Å². The van der Waals surface area contributed by atoms with Gasteiger partial charge in [-0.05, 0) is 24.5 Å². The molecule has 0 rings (SSSR count). The van der Waals surface area contributed by atoms with Crippen LogP contribution in [0.2, 0.25) is 0 Å². The molecule has 1 heteroatoms. The van der Waals surface area contributed by atoms with Gasteiger partial charge >= 0.3 is 0 Å². The largest absolute Gasteiger partial charge is 0.313 e. The third-order valence-electron chi connectivity index (χ3n) is 1.63. The zero-order chi connectivity index (χ0) is 6.57. The van der Waals surface area contributed by atoms with Crippen molar-refractivity contribution >= 4 is 6.21 Å². The highest BCUT2D eigenvalue weighted by atomic mass is 14.3. The topological polar surface area (TPSA) is 23.9 Å². The molecule has 0 bridgehead atoms. The molecule has 0 spiro atoms. The molecule has 0 aliphatic rings. The SMILES string of the molecule is CC(C)C(C)CC=N. The summed E-state index contributed by atoms with van der Waals surface area (Å²) < 4.78 is 0. The van der Waals surface area contributed by atoms with Gasteiger partial charge in [-0.15, -0.1) is 0 Å². The van der Waals surface area contributed by atoms with Crippen LogP contribution in [0, 0.1) is 17.2 Å². The second-order valence-corrected chi connectivity index (χ2v) is 2.66. The molecular formula is C7H15N. The lowest BCUT2D eigenvalue weighted by Gasteiger charge is -2.10. The summed E-state index contributed by atoms with van der Waals surface area (Å²) in [6.45, 7) is 6.55. The predicted octanol–water partition coefficient (Wildman–Crippen LogP) is 2.32. The predicted molar refractivity (Wildman–Crippen MR) is 37.4 cm³/mol. The maximum Gasteiger partial charge on any atom is -0.00450 e. The van der Waals surface area contributed by atoms with E-state index < -0.39 is 0 Å². The smallest absolute Gasteiger partial charge is 0.00450 e. The van der Waals surface area contributed by atoms with E-state index in [2.05, 4.69) is 20.8 Å². The molecule has 8 heavy (non-hydrogen) atoms. The quantitative estimate of drug-likeness (QED) is 0.543. The monoisotopic (exact) mass is 113 g/mol. The fraction of sp³-hybridized carbons (Fsp3) is 0.857. The van der Waals surface area contributed by atoms with Gasteiger partial charge in [-0.25, -0.2) is 0 Å². The summed E-state index contributed by atoms with van der Waals surface area (Å²) in [4.78, 5) is 0. The van der Waals surface area contributed by atoms with E-state index in [0.717, 1.165) is 12.3 Å². The van der Waals surface area contributed by atoms with Gasteiger partial charge < -0.3 is 5.41 Å². The fourth-order valence-electron chi connectivity index (χ4n) is 0.458. The van der Waals surface area contributed by atoms with Crippen molar-refractivity contribution in [3.05, 3.63) is 0 Å². The van der Waals surface area contributed by atoms with Crippen molar-refractivity contribution in [2.75, 3.05) is 0 Å². The maximum absolute atomic E-state index is 6.80. The van der Waals surface area contributed by atoms with Gasteiger partial charge in [0.2, 0.25) is 0 Å². The Balaban J connectivity index is 3.30. The third-order valence-corrected chi connectivity index (χ3v) is 1.63. The number of hydrogen-bond acceptors (Lipinski definition) is 1. The van der Waals surface area contributed by atoms with Gasteiger partial charge in [0, 0.05) is 0 Å². The standard InChI is InChI=1S/C7H15N/c1-6(2)7(3)4-5-8/h5-8H,4H2,1-3H3. The summed E-state index contributed by atoms with van der Waals surface area (Å²) in [5.74, 6) is 1.39. The van der Waals surface area contributed by atoms with Crippen LogP contribution in [0.1, 0.15) is 27.2 Å². The average molecular weight is 113 g/mol. The fourth-order valence-corrected chi connectivity index (χ4v) is 0.458. The first-order valence-electron chi connectivity index (χ1n) is 3.17. The van der Waals surface area contributed by atoms with Crippen LogP contribution < -0.4 is 0 Å². The Hall–Kier alpha value is -0.330. The molecule has 0 heterocycles. The minimum absolute atomic E-state index is 0.674. The van der Waals surface area contributed by atoms with Crippen molar-refractivity contribution in [3.8, 4) is 0 Å². The van der Waals surface area contributed by atoms with Crippen molar-refractivity contribution in [2.45, 2.75) is 27.2 Å². The maximum atomic E-state index is 6.80. The Morgan fingerprint density at radius 2 is 1.88 bits per heavy atom. The minimum Gasteiger partial charge on any atom is -0.313 e. The van der Waals surface area contributed by atoms with Crippen molar-refractivity contribution in [1.29, 1.82) is 5.41 Å². The Morgan fingerprint density at radius 3 is 2.00 bits per heavy atom. The van der Waals surface area contributed by atoms with Crippen molar-refractivity contribution in [3.63, 3.8) is 0 Å². The van der Waals surface area contributed by atoms with E-state index in [1.807, 2.05) is 0 Å². The first-order chi connectivity index (χ1) is 3.68. The van der Waals surface area contributed by atoms with Crippen LogP contribution in [-0.4, -0.2) is 6.21 Å². The second kappa shape index (κ2) is 3.65. The van der Waals surface area contributed by atoms with Crippen molar-refractivity contribution in [1.82, 2.24) is 0 Å². The van der Waals surface area contributed by atoms with Crippen LogP contribution in [0.3, 0.4) is 0 Å². The Kier molecular flexibility index (Phi) is 3.49. The van der Waals surface area contributed by atoms with E-state index in [1.165, 1.54) is 6.21 Å². The highest BCUT2D eigenvalue weighted by molar-refractivity contribution is 5.53. The lowest BCUT2D eigenvalue weighted by atomic mass is 9.95. The molecule has 0 aromatic carbocycles. The van der Waals surface area contributed by atoms with E-state index >= 15 is 0 Å². The Morgan fingerprint density at radius 1 is 1.38 bits per heavy atom. The molecule has 0 aromatic rings. The first kappa shape index (κ1) is 7.67. The Bertz CT molecular complexity index is 66.8. The van der Waals surface area contributed by atoms with Gasteiger partial charge in [0.25, 0.3) is 0 Å². The summed E-state index contributed by atoms with van der Waals surface area (Å²) in [7, 11) is 0. The lowest BCUT2D eigenvalue weighted by Crippen LogP contribution is -2.03. The highest BCUT2D eigenvalue weighted by Crippen LogP contribution is 2.11. The van der Waals surface area contributed by atoms with E-state index in [9.17, 15) is 0 Å². The molecule has 0 aromatic heterocycles. The molecule has 0 fully saturated rings. The molecule has 0 aliphatic carbocycles. The van der Waals surface area contributed by atoms with Gasteiger partial charge in [0.1, 0.15) is 0 Å². The Labute approximate surface area is 51.6 Å². The van der Waals surface area contributed by atoms with Crippen LogP contribution in [0.4, 0.5) is 0 Å². The first-order valence-corrected chi connectivity index (χ1v) is 3.17. The molecule has 0 amide bonds. The van der Waals surface area contributed by atoms with Crippen LogP contribution in [0.15, 0.2) is 0 Å². The molecule has 1 unspecified atom stereocenters. The second-order valence-electron chi connectivity index (χ2n) is 2.66. The van der Waals surface area contributed by atoms with E-state index in [4.69, 9.17) is 5.41 Å². The minimum atomic E-state index is 0.674. The van der Waals surface area contributed by atoms with E-state index in [1.54, 1.807) is 0 Å². The zero-order valence-corrected chi connectivity index (χ0v) is 5.94. The zero-order valence-electron chi connectivity index (χ0n) is 5.94. The van der Waals surface area contributed by atoms with Gasteiger partial charge in [0.05, 0.1) is 0 Å². The molecule has 1 N–H and O–H groups in total. The molecule has 0 saturated carbocycles. The molecule has 1 atom stereocenters. The van der Waals surface area contributed by atoms with Crippen LogP contribution in [0.5, 0.6) is 0 Å². The molecule has 48 valence electrons. The van der Waals surface area contributed by atoms with E-state index in [0.29, 0.717) is 5.92 Å².